The van der Waals surface area contributed by atoms with Gasteiger partial charge in [0.1, 0.15) is 11.5 Å². The second kappa shape index (κ2) is 10.7. The Labute approximate surface area is 156 Å². The highest BCUT2D eigenvalue weighted by atomic mass is 79.9. The van der Waals surface area contributed by atoms with E-state index in [1.807, 2.05) is 43.3 Å². The van der Waals surface area contributed by atoms with Crippen molar-refractivity contribution in [1.82, 2.24) is 0 Å². The van der Waals surface area contributed by atoms with Crippen LogP contribution in [-0.4, -0.2) is 11.7 Å². The molecule has 0 atom stereocenters. The quantitative estimate of drug-likeness (QED) is 0.737. The fourth-order valence-corrected chi connectivity index (χ4v) is 2.46. The van der Waals surface area contributed by atoms with Gasteiger partial charge in [0.2, 0.25) is 0 Å². The van der Waals surface area contributed by atoms with Crippen LogP contribution in [0.5, 0.6) is 11.5 Å². The minimum Gasteiger partial charge on any atom is -1.00 e. The van der Waals surface area contributed by atoms with Gasteiger partial charge in [-0.3, -0.25) is 0 Å². The van der Waals surface area contributed by atoms with Crippen molar-refractivity contribution in [1.29, 1.82) is 0 Å². The average molecular weight is 390 g/mol. The zero-order chi connectivity index (χ0) is 15.9. The Kier molecular flexibility index (Phi) is 9.82. The normalized spacial score (nSPS) is 9.38. The number of aromatic hydroxyl groups is 1. The van der Waals surface area contributed by atoms with Crippen LogP contribution >= 0.6 is 0 Å². The molecule has 0 saturated heterocycles. The van der Waals surface area contributed by atoms with Gasteiger partial charge in [-0.25, -0.2) is 0 Å². The van der Waals surface area contributed by atoms with Crippen molar-refractivity contribution in [3.05, 3.63) is 72.8 Å². The molecule has 24 heavy (non-hydrogen) atoms. The number of hydrogen-bond acceptors (Lipinski definition) is 2. The van der Waals surface area contributed by atoms with E-state index in [1.165, 1.54) is 0 Å². The monoisotopic (exact) mass is 389 g/mol. The zero-order valence-corrected chi connectivity index (χ0v) is 15.0. The van der Waals surface area contributed by atoms with Gasteiger partial charge in [-0.05, 0) is 55.2 Å². The molecule has 0 unspecified atom stereocenters. The number of rotatable bonds is 7. The van der Waals surface area contributed by atoms with Gasteiger partial charge in [-0.1, -0.05) is 31.7 Å². The number of ether oxygens (including phenoxy) is 1. The number of phenols is 1. The second-order valence-electron chi connectivity index (χ2n) is 5.10. The van der Waals surface area contributed by atoms with Crippen molar-refractivity contribution in [3.8, 4) is 22.6 Å². The van der Waals surface area contributed by atoms with Gasteiger partial charge in [-0.15, -0.1) is 13.2 Å². The predicted octanol–water partition coefficient (Wildman–Crippen LogP) is 2.56. The Balaban J connectivity index is 0.00000264. The second-order valence-corrected chi connectivity index (χ2v) is 5.10. The molecule has 0 spiro atoms. The number of benzene rings is 2. The first-order valence-electron chi connectivity index (χ1n) is 7.49. The summed E-state index contributed by atoms with van der Waals surface area (Å²) < 4.78 is 5.72. The van der Waals surface area contributed by atoms with Gasteiger partial charge in [0.05, 0.1) is 6.61 Å². The standard InChI is InChI=1S/C20H22O2.CH4.BrH/c1-4-7-15-9-11-19(21)17(13-15)18-14-16(8-5-2)10-12-20(18)22-6-3;;/h4-5,9-14,21H,1-2,6-8H2,3H3;1H4;1H/p-1. The maximum Gasteiger partial charge on any atom is 0.127 e. The largest absolute Gasteiger partial charge is 1.00 e. The molecule has 2 rings (SSSR count). The van der Waals surface area contributed by atoms with Crippen LogP contribution in [0.1, 0.15) is 25.5 Å². The highest BCUT2D eigenvalue weighted by molar-refractivity contribution is 5.76. The lowest BCUT2D eigenvalue weighted by molar-refractivity contribution is -0.00000637. The van der Waals surface area contributed by atoms with Crippen LogP contribution in [0.2, 0.25) is 0 Å². The van der Waals surface area contributed by atoms with Crippen LogP contribution < -0.4 is 21.7 Å². The molecule has 1 N–H and O–H groups in total. The number of phenolic OH excluding ortho intramolecular Hbond substituents is 1. The molecule has 0 fully saturated rings. The third-order valence-electron chi connectivity index (χ3n) is 3.46. The Hall–Kier alpha value is -2.00. The maximum atomic E-state index is 10.3. The molecule has 130 valence electrons. The van der Waals surface area contributed by atoms with Crippen molar-refractivity contribution in [2.45, 2.75) is 27.2 Å². The summed E-state index contributed by atoms with van der Waals surface area (Å²) in [6.45, 7) is 10.1. The number of halogens is 1. The summed E-state index contributed by atoms with van der Waals surface area (Å²) in [5.41, 5.74) is 3.94. The van der Waals surface area contributed by atoms with Crippen molar-refractivity contribution < 1.29 is 26.8 Å². The molecule has 0 saturated carbocycles. The van der Waals surface area contributed by atoms with E-state index in [0.717, 1.165) is 40.8 Å². The van der Waals surface area contributed by atoms with E-state index >= 15 is 0 Å². The molecule has 0 radical (unpaired) electrons. The van der Waals surface area contributed by atoms with E-state index in [2.05, 4.69) is 19.2 Å². The van der Waals surface area contributed by atoms with Gasteiger partial charge >= 0.3 is 0 Å². The minimum atomic E-state index is 0. The van der Waals surface area contributed by atoms with Crippen molar-refractivity contribution >= 4 is 0 Å². The molecular formula is C21H26BrO2-. The van der Waals surface area contributed by atoms with Gasteiger partial charge in [0.25, 0.3) is 0 Å². The molecule has 3 heteroatoms. The molecule has 0 aliphatic carbocycles. The first-order chi connectivity index (χ1) is 10.7. The Morgan fingerprint density at radius 3 is 2.04 bits per heavy atom. The molecule has 0 aliphatic heterocycles. The summed E-state index contributed by atoms with van der Waals surface area (Å²) in [4.78, 5) is 0. The van der Waals surface area contributed by atoms with E-state index in [9.17, 15) is 5.11 Å². The molecule has 0 amide bonds. The summed E-state index contributed by atoms with van der Waals surface area (Å²) in [5.74, 6) is 1.03. The summed E-state index contributed by atoms with van der Waals surface area (Å²) in [6, 6.07) is 11.7. The van der Waals surface area contributed by atoms with E-state index in [1.54, 1.807) is 6.07 Å². The van der Waals surface area contributed by atoms with Crippen molar-refractivity contribution in [3.63, 3.8) is 0 Å². The molecular weight excluding hydrogens is 364 g/mol. The first kappa shape index (κ1) is 22.0. The fourth-order valence-electron chi connectivity index (χ4n) is 2.46. The first-order valence-corrected chi connectivity index (χ1v) is 7.49. The van der Waals surface area contributed by atoms with Crippen molar-refractivity contribution in [2.24, 2.45) is 0 Å². The topological polar surface area (TPSA) is 29.5 Å². The highest BCUT2D eigenvalue weighted by Gasteiger charge is 2.12. The van der Waals surface area contributed by atoms with Crippen molar-refractivity contribution in [2.75, 3.05) is 6.61 Å². The van der Waals surface area contributed by atoms with Gasteiger partial charge in [0.15, 0.2) is 0 Å². The number of allylic oxidation sites excluding steroid dienone is 2. The highest BCUT2D eigenvalue weighted by Crippen LogP contribution is 2.37. The lowest BCUT2D eigenvalue weighted by Gasteiger charge is -2.14. The van der Waals surface area contributed by atoms with Crippen LogP contribution in [-0.2, 0) is 12.8 Å². The molecule has 0 aliphatic rings. The predicted molar refractivity (Wildman–Crippen MR) is 99.2 cm³/mol. The maximum absolute atomic E-state index is 10.3. The Morgan fingerprint density at radius 1 is 0.958 bits per heavy atom. The van der Waals surface area contributed by atoms with E-state index < -0.39 is 0 Å². The van der Waals surface area contributed by atoms with E-state index in [4.69, 9.17) is 4.74 Å². The smallest absolute Gasteiger partial charge is 0.127 e. The molecule has 2 aromatic rings. The summed E-state index contributed by atoms with van der Waals surface area (Å²) >= 11 is 0. The SMILES string of the molecule is C.C=CCc1ccc(O)c(-c2cc(CC=C)ccc2OCC)c1.[Br-]. The van der Waals surface area contributed by atoms with Gasteiger partial charge in [0, 0.05) is 11.1 Å². The minimum absolute atomic E-state index is 0. The third kappa shape index (κ3) is 5.27. The Morgan fingerprint density at radius 2 is 1.50 bits per heavy atom. The van der Waals surface area contributed by atoms with Crippen LogP contribution in [0.3, 0.4) is 0 Å². The van der Waals surface area contributed by atoms with Crippen LogP contribution in [0, 0.1) is 0 Å². The number of hydrogen-bond donors (Lipinski definition) is 1. The molecule has 0 bridgehead atoms. The molecule has 0 aromatic heterocycles. The Bertz CT molecular complexity index is 678. The molecule has 0 heterocycles. The summed E-state index contributed by atoms with van der Waals surface area (Å²) in [5, 5.41) is 10.3. The zero-order valence-electron chi connectivity index (χ0n) is 13.4. The van der Waals surface area contributed by atoms with E-state index in [0.29, 0.717) is 6.61 Å². The summed E-state index contributed by atoms with van der Waals surface area (Å²) in [6.07, 6.45) is 5.28. The van der Waals surface area contributed by atoms with Gasteiger partial charge < -0.3 is 26.8 Å². The lowest BCUT2D eigenvalue weighted by atomic mass is 9.97. The summed E-state index contributed by atoms with van der Waals surface area (Å²) in [7, 11) is 0. The molecule has 2 nitrogen and oxygen atoms in total. The van der Waals surface area contributed by atoms with Crippen LogP contribution in [0.15, 0.2) is 61.7 Å². The van der Waals surface area contributed by atoms with Crippen LogP contribution in [0.25, 0.3) is 11.1 Å². The lowest BCUT2D eigenvalue weighted by Crippen LogP contribution is -3.00. The molecule has 2 aromatic carbocycles. The average Bonchev–Trinajstić information content (AvgIpc) is 2.51. The van der Waals surface area contributed by atoms with Crippen LogP contribution in [0.4, 0.5) is 0 Å². The fraction of sp³-hybridized carbons (Fsp3) is 0.238. The third-order valence-corrected chi connectivity index (χ3v) is 3.46. The van der Waals surface area contributed by atoms with Gasteiger partial charge in [-0.2, -0.15) is 0 Å². The van der Waals surface area contributed by atoms with E-state index in [-0.39, 0.29) is 30.2 Å².